The first kappa shape index (κ1) is 10.1. The minimum atomic E-state index is -0.824. The van der Waals surface area contributed by atoms with E-state index in [0.717, 1.165) is 12.0 Å². The molecule has 1 unspecified atom stereocenters. The number of rotatable bonds is 2. The van der Waals surface area contributed by atoms with Crippen LogP contribution in [0.1, 0.15) is 27.2 Å². The number of amidine groups is 1. The van der Waals surface area contributed by atoms with Crippen LogP contribution in [0.3, 0.4) is 0 Å². The number of nitrogens with zero attached hydrogens (tertiary/aromatic N) is 2. The van der Waals surface area contributed by atoms with Crippen molar-refractivity contribution in [2.45, 2.75) is 39.6 Å². The van der Waals surface area contributed by atoms with Gasteiger partial charge in [0.1, 0.15) is 5.84 Å². The fourth-order valence-corrected chi connectivity index (χ4v) is 1.27. The van der Waals surface area contributed by atoms with E-state index in [0.29, 0.717) is 5.84 Å². The largest absolute Gasteiger partial charge is 0.384 e. The topological polar surface area (TPSA) is 61.8 Å². The van der Waals surface area contributed by atoms with Crippen LogP contribution in [0, 0.1) is 0 Å². The maximum atomic E-state index is 9.54. The molecule has 0 aromatic heterocycles. The Labute approximate surface area is 78.8 Å². The highest BCUT2D eigenvalue weighted by Crippen LogP contribution is 2.15. The van der Waals surface area contributed by atoms with Gasteiger partial charge in [-0.2, -0.15) is 0 Å². The molecule has 1 rings (SSSR count). The summed E-state index contributed by atoms with van der Waals surface area (Å²) in [6.45, 7) is 6.03. The van der Waals surface area contributed by atoms with Gasteiger partial charge in [0, 0.05) is 17.8 Å². The molecule has 1 aliphatic rings. The molecule has 0 bridgehead atoms. The van der Waals surface area contributed by atoms with Crippen LogP contribution in [0.25, 0.3) is 0 Å². The molecule has 1 atom stereocenters. The molecule has 13 heavy (non-hydrogen) atoms. The van der Waals surface area contributed by atoms with Gasteiger partial charge < -0.3 is 15.7 Å². The Morgan fingerprint density at radius 2 is 2.31 bits per heavy atom. The average Bonchev–Trinajstić information content (AvgIpc) is 2.03. The predicted molar refractivity (Wildman–Crippen MR) is 53.0 cm³/mol. The number of hydrogen-bond donors (Lipinski definition) is 2. The van der Waals surface area contributed by atoms with E-state index in [4.69, 9.17) is 5.73 Å². The quantitative estimate of drug-likeness (QED) is 0.660. The highest BCUT2D eigenvalue weighted by atomic mass is 16.3. The fraction of sp³-hybridized carbons (Fsp3) is 0.667. The molecule has 1 aliphatic heterocycles. The molecule has 0 aliphatic carbocycles. The van der Waals surface area contributed by atoms with Crippen molar-refractivity contribution < 1.29 is 5.11 Å². The van der Waals surface area contributed by atoms with Crippen molar-refractivity contribution in [3.8, 4) is 0 Å². The average molecular weight is 183 g/mol. The van der Waals surface area contributed by atoms with Gasteiger partial charge >= 0.3 is 0 Å². The van der Waals surface area contributed by atoms with Crippen molar-refractivity contribution in [3.63, 3.8) is 0 Å². The molecule has 0 saturated carbocycles. The van der Waals surface area contributed by atoms with Crippen LogP contribution in [-0.4, -0.2) is 28.2 Å². The predicted octanol–water partition coefficient (Wildman–Crippen LogP) is 0.637. The van der Waals surface area contributed by atoms with E-state index in [2.05, 4.69) is 4.99 Å². The Bertz CT molecular complexity index is 245. The molecule has 4 heteroatoms. The maximum Gasteiger partial charge on any atom is 0.227 e. The first-order chi connectivity index (χ1) is 6.06. The summed E-state index contributed by atoms with van der Waals surface area (Å²) in [5, 5.41) is 9.54. The Kier molecular flexibility index (Phi) is 2.93. The van der Waals surface area contributed by atoms with Crippen LogP contribution in [0.2, 0.25) is 0 Å². The lowest BCUT2D eigenvalue weighted by Gasteiger charge is -2.32. The van der Waals surface area contributed by atoms with Gasteiger partial charge in [0.05, 0.1) is 0 Å². The van der Waals surface area contributed by atoms with E-state index in [1.165, 1.54) is 0 Å². The maximum absolute atomic E-state index is 9.54. The van der Waals surface area contributed by atoms with E-state index in [1.54, 1.807) is 4.90 Å². The van der Waals surface area contributed by atoms with Gasteiger partial charge in [-0.05, 0) is 20.3 Å². The highest BCUT2D eigenvalue weighted by Gasteiger charge is 2.20. The number of aliphatic hydroxyl groups is 1. The van der Waals surface area contributed by atoms with Crippen LogP contribution < -0.4 is 5.73 Å². The summed E-state index contributed by atoms with van der Waals surface area (Å²) in [7, 11) is 0. The smallest absolute Gasteiger partial charge is 0.227 e. The summed E-state index contributed by atoms with van der Waals surface area (Å²) in [5.41, 5.74) is 6.62. The third-order valence-electron chi connectivity index (χ3n) is 2.13. The Morgan fingerprint density at radius 3 is 2.77 bits per heavy atom. The second kappa shape index (κ2) is 3.79. The third kappa shape index (κ3) is 2.01. The minimum Gasteiger partial charge on any atom is -0.384 e. The summed E-state index contributed by atoms with van der Waals surface area (Å²) < 4.78 is 0. The van der Waals surface area contributed by atoms with Crippen molar-refractivity contribution in [2.75, 3.05) is 0 Å². The van der Waals surface area contributed by atoms with Crippen LogP contribution in [-0.2, 0) is 0 Å². The zero-order chi connectivity index (χ0) is 10.0. The van der Waals surface area contributed by atoms with Crippen LogP contribution >= 0.6 is 0 Å². The number of nitrogens with two attached hydrogens (primary N) is 1. The molecule has 0 amide bonds. The first-order valence-corrected chi connectivity index (χ1v) is 4.56. The lowest BCUT2D eigenvalue weighted by Crippen LogP contribution is -2.40. The van der Waals surface area contributed by atoms with E-state index >= 15 is 0 Å². The van der Waals surface area contributed by atoms with E-state index < -0.39 is 6.35 Å². The Morgan fingerprint density at radius 1 is 1.69 bits per heavy atom. The second-order valence-electron chi connectivity index (χ2n) is 3.41. The molecular formula is C9H17N3O. The molecule has 0 fully saturated rings. The van der Waals surface area contributed by atoms with E-state index in [1.807, 2.05) is 27.0 Å². The van der Waals surface area contributed by atoms with Crippen molar-refractivity contribution in [1.29, 1.82) is 0 Å². The van der Waals surface area contributed by atoms with Gasteiger partial charge in [0.15, 0.2) is 0 Å². The van der Waals surface area contributed by atoms with Crippen molar-refractivity contribution in [1.82, 2.24) is 4.90 Å². The second-order valence-corrected chi connectivity index (χ2v) is 3.41. The van der Waals surface area contributed by atoms with Crippen LogP contribution in [0.15, 0.2) is 16.8 Å². The minimum absolute atomic E-state index is 0.230. The number of aliphatic imine (C=N–C) groups is 1. The Balaban J connectivity index is 2.87. The molecule has 0 aromatic carbocycles. The third-order valence-corrected chi connectivity index (χ3v) is 2.13. The molecule has 0 saturated heterocycles. The van der Waals surface area contributed by atoms with Gasteiger partial charge in [0.2, 0.25) is 6.35 Å². The van der Waals surface area contributed by atoms with Gasteiger partial charge in [-0.3, -0.25) is 0 Å². The van der Waals surface area contributed by atoms with E-state index in [-0.39, 0.29) is 6.04 Å². The zero-order valence-electron chi connectivity index (χ0n) is 8.36. The summed E-state index contributed by atoms with van der Waals surface area (Å²) in [6, 6.07) is 0.230. The van der Waals surface area contributed by atoms with Gasteiger partial charge in [0.25, 0.3) is 0 Å². The molecule has 1 heterocycles. The fourth-order valence-electron chi connectivity index (χ4n) is 1.27. The SMILES string of the molecule is CCC1=CN(C(C)C)C(O)N=C1N. The lowest BCUT2D eigenvalue weighted by molar-refractivity contribution is 0.0240. The standard InChI is InChI=1S/C9H17N3O/c1-4-7-5-12(6(2)3)9(13)11-8(7)10/h5-6,9,13H,4H2,1-3H3,(H2,10,11). The zero-order valence-corrected chi connectivity index (χ0v) is 8.36. The van der Waals surface area contributed by atoms with Gasteiger partial charge in [-0.15, -0.1) is 0 Å². The Hall–Kier alpha value is -1.03. The first-order valence-electron chi connectivity index (χ1n) is 4.56. The molecule has 3 N–H and O–H groups in total. The summed E-state index contributed by atoms with van der Waals surface area (Å²) in [4.78, 5) is 5.73. The molecule has 0 radical (unpaired) electrons. The van der Waals surface area contributed by atoms with Gasteiger partial charge in [-0.1, -0.05) is 6.92 Å². The molecule has 74 valence electrons. The molecular weight excluding hydrogens is 166 g/mol. The van der Waals surface area contributed by atoms with Crippen LogP contribution in [0.5, 0.6) is 0 Å². The molecule has 4 nitrogen and oxygen atoms in total. The summed E-state index contributed by atoms with van der Waals surface area (Å²) >= 11 is 0. The summed E-state index contributed by atoms with van der Waals surface area (Å²) in [5.74, 6) is 0.451. The lowest BCUT2D eigenvalue weighted by atomic mass is 10.1. The number of hydrogen-bond acceptors (Lipinski definition) is 4. The van der Waals surface area contributed by atoms with Crippen molar-refractivity contribution in [3.05, 3.63) is 11.8 Å². The number of aliphatic hydroxyl groups excluding tert-OH is 1. The van der Waals surface area contributed by atoms with Crippen molar-refractivity contribution >= 4 is 5.84 Å². The van der Waals surface area contributed by atoms with E-state index in [9.17, 15) is 5.11 Å². The molecule has 0 aromatic rings. The van der Waals surface area contributed by atoms with Gasteiger partial charge in [-0.25, -0.2) is 4.99 Å². The highest BCUT2D eigenvalue weighted by molar-refractivity contribution is 5.97. The van der Waals surface area contributed by atoms with Crippen LogP contribution in [0.4, 0.5) is 0 Å². The summed E-state index contributed by atoms with van der Waals surface area (Å²) in [6.07, 6.45) is 1.90. The molecule has 0 spiro atoms. The van der Waals surface area contributed by atoms with Crippen molar-refractivity contribution in [2.24, 2.45) is 10.7 Å². The monoisotopic (exact) mass is 183 g/mol. The normalized spacial score (nSPS) is 23.2.